The first-order valence-electron chi connectivity index (χ1n) is 6.51. The lowest BCUT2D eigenvalue weighted by atomic mass is 9.96. The highest BCUT2D eigenvalue weighted by Gasteiger charge is 2.31. The molecule has 0 bridgehead atoms. The highest BCUT2D eigenvalue weighted by Crippen LogP contribution is 2.28. The molecule has 1 aliphatic rings. The van der Waals surface area contributed by atoms with Gasteiger partial charge >= 0.3 is 5.97 Å². The Balaban J connectivity index is 2.38. The Hall–Kier alpha value is -2.41. The number of nitrogens with two attached hydrogens (primary N) is 1. The molecule has 0 aliphatic carbocycles. The maximum absolute atomic E-state index is 11.8. The highest BCUT2D eigenvalue weighted by molar-refractivity contribution is 6.02. The molecule has 1 aromatic carbocycles. The van der Waals surface area contributed by atoms with Gasteiger partial charge < -0.3 is 15.7 Å². The van der Waals surface area contributed by atoms with Crippen molar-refractivity contribution in [2.24, 2.45) is 5.73 Å². The van der Waals surface area contributed by atoms with Gasteiger partial charge in [-0.1, -0.05) is 18.2 Å². The summed E-state index contributed by atoms with van der Waals surface area (Å²) in [5.74, 6) is -2.54. The zero-order valence-electron chi connectivity index (χ0n) is 11.7. The third-order valence-corrected chi connectivity index (χ3v) is 3.59. The van der Waals surface area contributed by atoms with Crippen LogP contribution in [0, 0.1) is 0 Å². The number of benzene rings is 1. The monoisotopic (exact) mass is 291 g/mol. The molecule has 1 aliphatic heterocycles. The average molecular weight is 291 g/mol. The molecule has 0 saturated carbocycles. The minimum atomic E-state index is -1.03. The zero-order chi connectivity index (χ0) is 15.6. The van der Waals surface area contributed by atoms with Crippen molar-refractivity contribution in [3.63, 3.8) is 0 Å². The summed E-state index contributed by atoms with van der Waals surface area (Å²) in [7, 11) is 1.44. The van der Waals surface area contributed by atoms with Crippen molar-refractivity contribution < 1.29 is 19.5 Å². The van der Waals surface area contributed by atoms with Crippen LogP contribution in [0.1, 0.15) is 11.5 Å². The lowest BCUT2D eigenvalue weighted by Crippen LogP contribution is -2.52. The number of aliphatic carboxylic acids is 1. The van der Waals surface area contributed by atoms with Crippen LogP contribution in [0.5, 0.6) is 0 Å². The van der Waals surface area contributed by atoms with Gasteiger partial charge in [0.15, 0.2) is 0 Å². The van der Waals surface area contributed by atoms with Gasteiger partial charge in [0.25, 0.3) is 0 Å². The predicted molar refractivity (Wildman–Crippen MR) is 75.9 cm³/mol. The Morgan fingerprint density at radius 2 is 1.86 bits per heavy atom. The van der Waals surface area contributed by atoms with E-state index in [1.807, 2.05) is 0 Å². The van der Waals surface area contributed by atoms with Gasteiger partial charge in [-0.2, -0.15) is 0 Å². The largest absolute Gasteiger partial charge is 0.481 e. The number of rotatable bonds is 4. The van der Waals surface area contributed by atoms with E-state index >= 15 is 0 Å². The molecule has 3 N–H and O–H groups in total. The first kappa shape index (κ1) is 15.0. The summed E-state index contributed by atoms with van der Waals surface area (Å²) in [6.45, 7) is 0.0221. The molecule has 1 atom stereocenters. The first-order valence-corrected chi connectivity index (χ1v) is 6.51. The number of carbonyl (C=O) groups is 3. The molecular formula is C14H17N3O4. The van der Waals surface area contributed by atoms with Crippen LogP contribution in [-0.2, 0) is 14.4 Å². The molecule has 0 radical (unpaired) electrons. The van der Waals surface area contributed by atoms with Crippen molar-refractivity contribution in [3.8, 4) is 0 Å². The summed E-state index contributed by atoms with van der Waals surface area (Å²) >= 11 is 0. The number of carbonyl (C=O) groups excluding carboxylic acids is 2. The van der Waals surface area contributed by atoms with E-state index in [0.717, 1.165) is 4.90 Å². The van der Waals surface area contributed by atoms with Crippen LogP contribution in [0.15, 0.2) is 24.3 Å². The van der Waals surface area contributed by atoms with E-state index < -0.39 is 11.9 Å². The number of amides is 2. The maximum atomic E-state index is 11.8. The molecule has 0 aromatic heterocycles. The van der Waals surface area contributed by atoms with Gasteiger partial charge in [0.1, 0.15) is 0 Å². The van der Waals surface area contributed by atoms with Crippen LogP contribution in [0.2, 0.25) is 0 Å². The summed E-state index contributed by atoms with van der Waals surface area (Å²) in [6, 6.07) is 6.81. The van der Waals surface area contributed by atoms with Crippen molar-refractivity contribution in [1.29, 1.82) is 0 Å². The second kappa shape index (κ2) is 5.92. The summed E-state index contributed by atoms with van der Waals surface area (Å²) in [4.78, 5) is 37.6. The Kier molecular flexibility index (Phi) is 4.23. The number of imide groups is 1. The Morgan fingerprint density at radius 1 is 1.29 bits per heavy atom. The van der Waals surface area contributed by atoms with E-state index in [1.54, 1.807) is 29.2 Å². The summed E-state index contributed by atoms with van der Waals surface area (Å²) in [6.07, 6.45) is 0. The Morgan fingerprint density at radius 3 is 2.38 bits per heavy atom. The molecule has 0 spiro atoms. The summed E-state index contributed by atoms with van der Waals surface area (Å²) in [5, 5.41) is 9.25. The SMILES string of the molecule is CN1C(=O)CN(c2ccccc2C(CN)C(=O)O)CC1=O. The molecule has 7 heteroatoms. The quantitative estimate of drug-likeness (QED) is 0.733. The standard InChI is InChI=1S/C14H17N3O4/c1-16-12(18)7-17(8-13(16)19)11-5-3-2-4-9(11)10(6-15)14(20)21/h2-5,10H,6-8,15H2,1H3,(H,20,21). The molecule has 112 valence electrons. The Bertz CT molecular complexity index is 569. The number of nitrogens with zero attached hydrogens (tertiary/aromatic N) is 2. The molecule has 1 unspecified atom stereocenters. The topological polar surface area (TPSA) is 104 Å². The predicted octanol–water partition coefficient (Wildman–Crippen LogP) is -0.381. The number of anilines is 1. The second-order valence-corrected chi connectivity index (χ2v) is 4.89. The summed E-state index contributed by atoms with van der Waals surface area (Å²) < 4.78 is 0. The molecule has 1 saturated heterocycles. The minimum Gasteiger partial charge on any atom is -0.481 e. The number of hydrogen-bond donors (Lipinski definition) is 2. The molecule has 1 heterocycles. The van der Waals surface area contributed by atoms with Crippen molar-refractivity contribution in [2.75, 3.05) is 31.6 Å². The fraction of sp³-hybridized carbons (Fsp3) is 0.357. The van der Waals surface area contributed by atoms with Crippen molar-refractivity contribution in [1.82, 2.24) is 4.90 Å². The lowest BCUT2D eigenvalue weighted by Gasteiger charge is -2.33. The number of likely N-dealkylation sites (N-methyl/N-ethyl adjacent to an activating group) is 1. The molecule has 7 nitrogen and oxygen atoms in total. The van der Waals surface area contributed by atoms with E-state index in [2.05, 4.69) is 0 Å². The van der Waals surface area contributed by atoms with Crippen LogP contribution >= 0.6 is 0 Å². The smallest absolute Gasteiger partial charge is 0.312 e. The lowest BCUT2D eigenvalue weighted by molar-refractivity contribution is -0.143. The van der Waals surface area contributed by atoms with Crippen molar-refractivity contribution in [3.05, 3.63) is 29.8 Å². The second-order valence-electron chi connectivity index (χ2n) is 4.89. The van der Waals surface area contributed by atoms with Crippen molar-refractivity contribution in [2.45, 2.75) is 5.92 Å². The molecule has 2 amide bonds. The summed E-state index contributed by atoms with van der Waals surface area (Å²) in [5.41, 5.74) is 6.61. The van der Waals surface area contributed by atoms with E-state index in [1.165, 1.54) is 7.05 Å². The van der Waals surface area contributed by atoms with Gasteiger partial charge in [-0.05, 0) is 11.6 Å². The van der Waals surface area contributed by atoms with E-state index in [9.17, 15) is 19.5 Å². The van der Waals surface area contributed by atoms with E-state index in [4.69, 9.17) is 5.73 Å². The fourth-order valence-corrected chi connectivity index (χ4v) is 2.33. The van der Waals surface area contributed by atoms with E-state index in [0.29, 0.717) is 11.3 Å². The maximum Gasteiger partial charge on any atom is 0.312 e. The number of hydrogen-bond acceptors (Lipinski definition) is 5. The average Bonchev–Trinajstić information content (AvgIpc) is 2.45. The molecule has 1 aromatic rings. The van der Waals surface area contributed by atoms with E-state index in [-0.39, 0.29) is 31.4 Å². The van der Waals surface area contributed by atoms with Crippen LogP contribution in [0.25, 0.3) is 0 Å². The van der Waals surface area contributed by atoms with Gasteiger partial charge in [0, 0.05) is 19.3 Å². The molecule has 21 heavy (non-hydrogen) atoms. The molecule has 2 rings (SSSR count). The van der Waals surface area contributed by atoms with Gasteiger partial charge in [-0.25, -0.2) is 0 Å². The third kappa shape index (κ3) is 2.87. The molecular weight excluding hydrogens is 274 g/mol. The number of carboxylic acids is 1. The first-order chi connectivity index (χ1) is 9.95. The van der Waals surface area contributed by atoms with Gasteiger partial charge in [0.2, 0.25) is 11.8 Å². The number of carboxylic acid groups (broad SMARTS) is 1. The van der Waals surface area contributed by atoms with Crippen LogP contribution < -0.4 is 10.6 Å². The number of para-hydroxylation sites is 1. The third-order valence-electron chi connectivity index (χ3n) is 3.59. The normalized spacial score (nSPS) is 17.0. The van der Waals surface area contributed by atoms with Crippen molar-refractivity contribution >= 4 is 23.5 Å². The van der Waals surface area contributed by atoms with Gasteiger partial charge in [0.05, 0.1) is 19.0 Å². The fourth-order valence-electron chi connectivity index (χ4n) is 2.33. The van der Waals surface area contributed by atoms with Gasteiger partial charge in [-0.3, -0.25) is 19.3 Å². The minimum absolute atomic E-state index is 0.0379. The number of piperazine rings is 1. The van der Waals surface area contributed by atoms with Crippen LogP contribution in [0.3, 0.4) is 0 Å². The molecule has 1 fully saturated rings. The van der Waals surface area contributed by atoms with Crippen LogP contribution in [0.4, 0.5) is 5.69 Å². The van der Waals surface area contributed by atoms with Gasteiger partial charge in [-0.15, -0.1) is 0 Å². The Labute approximate surface area is 121 Å². The highest BCUT2D eigenvalue weighted by atomic mass is 16.4. The van der Waals surface area contributed by atoms with Crippen LogP contribution in [-0.4, -0.2) is 54.5 Å². The zero-order valence-corrected chi connectivity index (χ0v) is 11.7.